The molecule has 1 aromatic heterocycles. The van der Waals surface area contributed by atoms with Gasteiger partial charge in [0.1, 0.15) is 5.75 Å². The van der Waals surface area contributed by atoms with Crippen LogP contribution in [0.25, 0.3) is 10.2 Å². The van der Waals surface area contributed by atoms with Gasteiger partial charge in [0.2, 0.25) is 0 Å². The molecule has 2 aromatic carbocycles. The number of methoxy groups -OCH3 is 1. The van der Waals surface area contributed by atoms with Gasteiger partial charge in [-0.05, 0) is 30.7 Å². The fourth-order valence-electron chi connectivity index (χ4n) is 2.44. The number of carbonyl (C=O) groups is 2. The van der Waals surface area contributed by atoms with Crippen molar-refractivity contribution < 1.29 is 19.1 Å². The van der Waals surface area contributed by atoms with Crippen LogP contribution in [0.5, 0.6) is 5.75 Å². The minimum Gasteiger partial charge on any atom is -0.495 e. The molecule has 0 radical (unpaired) electrons. The molecular weight excluding hydrogens is 396 g/mol. The summed E-state index contributed by atoms with van der Waals surface area (Å²) in [6, 6.07) is 15.1. The lowest BCUT2D eigenvalue weighted by molar-refractivity contribution is -0.147. The molecule has 1 amide bonds. The molecule has 0 saturated carbocycles. The van der Waals surface area contributed by atoms with Crippen LogP contribution in [0.4, 0.5) is 5.69 Å². The molecule has 0 atom stereocenters. The lowest BCUT2D eigenvalue weighted by Gasteiger charge is -2.10. The molecule has 0 saturated heterocycles. The number of fused-ring (bicyclic) bond motifs is 1. The van der Waals surface area contributed by atoms with E-state index in [1.165, 1.54) is 7.11 Å². The molecule has 0 unspecified atom stereocenters. The van der Waals surface area contributed by atoms with Crippen molar-refractivity contribution in [3.05, 3.63) is 48.5 Å². The zero-order chi connectivity index (χ0) is 19.8. The third-order valence-electron chi connectivity index (χ3n) is 3.77. The van der Waals surface area contributed by atoms with Crippen molar-refractivity contribution in [2.75, 3.05) is 24.8 Å². The van der Waals surface area contributed by atoms with Crippen molar-refractivity contribution in [3.8, 4) is 5.75 Å². The van der Waals surface area contributed by atoms with Crippen LogP contribution in [0.3, 0.4) is 0 Å². The van der Waals surface area contributed by atoms with E-state index in [0.29, 0.717) is 17.9 Å². The maximum Gasteiger partial charge on any atom is 0.306 e. The molecule has 0 spiro atoms. The molecule has 0 aliphatic carbocycles. The highest BCUT2D eigenvalue weighted by Crippen LogP contribution is 2.29. The summed E-state index contributed by atoms with van der Waals surface area (Å²) in [5.41, 5.74) is 1.54. The molecule has 146 valence electrons. The standard InChI is InChI=1S/C20H20N2O4S2/c1-25-16-9-4-2-7-14(16)21-18(23)13-26-19(24)11-6-12-27-20-22-15-8-3-5-10-17(15)28-20/h2-5,7-10H,6,11-13H2,1H3,(H,21,23). The van der Waals surface area contributed by atoms with Gasteiger partial charge in [-0.25, -0.2) is 4.98 Å². The van der Waals surface area contributed by atoms with E-state index < -0.39 is 5.91 Å². The van der Waals surface area contributed by atoms with E-state index in [0.717, 1.165) is 20.3 Å². The van der Waals surface area contributed by atoms with Gasteiger partial charge in [0, 0.05) is 12.2 Å². The highest BCUT2D eigenvalue weighted by Gasteiger charge is 2.10. The van der Waals surface area contributed by atoms with E-state index in [2.05, 4.69) is 10.3 Å². The van der Waals surface area contributed by atoms with Gasteiger partial charge in [0.25, 0.3) is 5.91 Å². The Morgan fingerprint density at radius 1 is 1.14 bits per heavy atom. The van der Waals surface area contributed by atoms with E-state index in [4.69, 9.17) is 9.47 Å². The van der Waals surface area contributed by atoms with Gasteiger partial charge < -0.3 is 14.8 Å². The number of para-hydroxylation sites is 3. The molecule has 0 bridgehead atoms. The number of anilines is 1. The average molecular weight is 417 g/mol. The van der Waals surface area contributed by atoms with E-state index in [1.807, 2.05) is 24.3 Å². The van der Waals surface area contributed by atoms with Crippen LogP contribution in [0.2, 0.25) is 0 Å². The predicted molar refractivity (Wildman–Crippen MR) is 112 cm³/mol. The van der Waals surface area contributed by atoms with Gasteiger partial charge in [0.15, 0.2) is 10.9 Å². The number of amides is 1. The van der Waals surface area contributed by atoms with Crippen molar-refractivity contribution in [2.45, 2.75) is 17.2 Å². The number of carbonyl (C=O) groups excluding carboxylic acids is 2. The number of aromatic nitrogens is 1. The highest BCUT2D eigenvalue weighted by molar-refractivity contribution is 8.01. The minimum absolute atomic E-state index is 0.264. The smallest absolute Gasteiger partial charge is 0.306 e. The van der Waals surface area contributed by atoms with Crippen LogP contribution in [-0.2, 0) is 14.3 Å². The van der Waals surface area contributed by atoms with Gasteiger partial charge >= 0.3 is 5.97 Å². The maximum atomic E-state index is 11.9. The highest BCUT2D eigenvalue weighted by atomic mass is 32.2. The van der Waals surface area contributed by atoms with E-state index in [1.54, 1.807) is 47.4 Å². The number of benzene rings is 2. The van der Waals surface area contributed by atoms with Crippen molar-refractivity contribution in [3.63, 3.8) is 0 Å². The van der Waals surface area contributed by atoms with Crippen LogP contribution < -0.4 is 10.1 Å². The monoisotopic (exact) mass is 416 g/mol. The summed E-state index contributed by atoms with van der Waals surface area (Å²) in [5.74, 6) is 0.526. The predicted octanol–water partition coefficient (Wildman–Crippen LogP) is 4.36. The minimum atomic E-state index is -0.401. The van der Waals surface area contributed by atoms with Crippen LogP contribution in [-0.4, -0.2) is 36.3 Å². The first-order valence-electron chi connectivity index (χ1n) is 8.72. The van der Waals surface area contributed by atoms with Crippen LogP contribution in [0, 0.1) is 0 Å². The molecule has 0 fully saturated rings. The normalized spacial score (nSPS) is 10.6. The van der Waals surface area contributed by atoms with Gasteiger partial charge in [0.05, 0.1) is 23.0 Å². The van der Waals surface area contributed by atoms with Gasteiger partial charge in [-0.2, -0.15) is 0 Å². The van der Waals surface area contributed by atoms with E-state index >= 15 is 0 Å². The van der Waals surface area contributed by atoms with E-state index in [9.17, 15) is 9.59 Å². The third kappa shape index (κ3) is 5.71. The summed E-state index contributed by atoms with van der Waals surface area (Å²) >= 11 is 3.27. The fourth-order valence-corrected chi connectivity index (χ4v) is 4.52. The number of nitrogens with zero attached hydrogens (tertiary/aromatic N) is 1. The Bertz CT molecular complexity index is 925. The van der Waals surface area contributed by atoms with Gasteiger partial charge in [-0.15, -0.1) is 11.3 Å². The quantitative estimate of drug-likeness (QED) is 0.317. The lowest BCUT2D eigenvalue weighted by Crippen LogP contribution is -2.21. The number of hydrogen-bond acceptors (Lipinski definition) is 7. The Labute approximate surface area is 171 Å². The Hall–Kier alpha value is -2.58. The number of rotatable bonds is 9. The molecule has 0 aliphatic heterocycles. The third-order valence-corrected chi connectivity index (χ3v) is 6.04. The van der Waals surface area contributed by atoms with Crippen LogP contribution in [0.15, 0.2) is 52.9 Å². The van der Waals surface area contributed by atoms with E-state index in [-0.39, 0.29) is 19.0 Å². The molecule has 0 aliphatic rings. The Morgan fingerprint density at radius 3 is 2.75 bits per heavy atom. The first-order chi connectivity index (χ1) is 13.7. The fraction of sp³-hybridized carbons (Fsp3) is 0.250. The number of esters is 1. The number of hydrogen-bond donors (Lipinski definition) is 1. The summed E-state index contributed by atoms with van der Waals surface area (Å²) in [5, 5.41) is 2.67. The molecule has 8 heteroatoms. The van der Waals surface area contributed by atoms with Gasteiger partial charge in [-0.1, -0.05) is 36.0 Å². The summed E-state index contributed by atoms with van der Waals surface area (Å²) in [6.45, 7) is -0.318. The molecule has 28 heavy (non-hydrogen) atoms. The number of nitrogens with one attached hydrogen (secondary N) is 1. The molecule has 1 N–H and O–H groups in total. The number of thioether (sulfide) groups is 1. The zero-order valence-corrected chi connectivity index (χ0v) is 17.0. The summed E-state index contributed by atoms with van der Waals surface area (Å²) < 4.78 is 12.3. The first kappa shape index (κ1) is 20.2. The first-order valence-corrected chi connectivity index (χ1v) is 10.5. The molecule has 6 nitrogen and oxygen atoms in total. The van der Waals surface area contributed by atoms with Crippen molar-refractivity contribution >= 4 is 50.9 Å². The molecule has 3 aromatic rings. The Kier molecular flexibility index (Phi) is 7.27. The number of ether oxygens (including phenoxy) is 2. The van der Waals surface area contributed by atoms with Crippen LogP contribution in [0.1, 0.15) is 12.8 Å². The lowest BCUT2D eigenvalue weighted by atomic mass is 10.3. The molecular formula is C20H20N2O4S2. The second kappa shape index (κ2) is 10.1. The summed E-state index contributed by atoms with van der Waals surface area (Å²) in [6.07, 6.45) is 0.924. The SMILES string of the molecule is COc1ccccc1NC(=O)COC(=O)CCCSc1nc2ccccc2s1. The summed E-state index contributed by atoms with van der Waals surface area (Å²) in [7, 11) is 1.53. The Morgan fingerprint density at radius 2 is 1.93 bits per heavy atom. The number of thiazole rings is 1. The van der Waals surface area contributed by atoms with Crippen LogP contribution >= 0.6 is 23.1 Å². The molecule has 1 heterocycles. The van der Waals surface area contributed by atoms with Crippen molar-refractivity contribution in [1.29, 1.82) is 0 Å². The Balaban J connectivity index is 1.34. The maximum absolute atomic E-state index is 11.9. The second-order valence-corrected chi connectivity index (χ2v) is 8.18. The average Bonchev–Trinajstić information content (AvgIpc) is 3.13. The van der Waals surface area contributed by atoms with Gasteiger partial charge in [-0.3, -0.25) is 9.59 Å². The van der Waals surface area contributed by atoms with Crippen molar-refractivity contribution in [1.82, 2.24) is 4.98 Å². The largest absolute Gasteiger partial charge is 0.495 e. The summed E-state index contributed by atoms with van der Waals surface area (Å²) in [4.78, 5) is 28.3. The zero-order valence-electron chi connectivity index (χ0n) is 15.3. The topological polar surface area (TPSA) is 77.5 Å². The molecule has 3 rings (SSSR count). The second-order valence-electron chi connectivity index (χ2n) is 5.81. The van der Waals surface area contributed by atoms with Crippen molar-refractivity contribution in [2.24, 2.45) is 0 Å².